The fourth-order valence-corrected chi connectivity index (χ4v) is 4.74. The van der Waals surface area contributed by atoms with Crippen molar-refractivity contribution in [2.24, 2.45) is 0 Å². The molecule has 1 fully saturated rings. The van der Waals surface area contributed by atoms with Crippen molar-refractivity contribution in [3.05, 3.63) is 40.5 Å². The number of amides is 1. The number of nitrogens with zero attached hydrogens (tertiary/aromatic N) is 4. The van der Waals surface area contributed by atoms with Gasteiger partial charge in [-0.25, -0.2) is 4.98 Å². The Bertz CT molecular complexity index is 965. The van der Waals surface area contributed by atoms with Crippen molar-refractivity contribution in [1.82, 2.24) is 14.9 Å². The van der Waals surface area contributed by atoms with Crippen molar-refractivity contribution in [1.29, 1.82) is 0 Å². The monoisotopic (exact) mass is 386 g/mol. The molecule has 1 aliphatic heterocycles. The maximum absolute atomic E-state index is 11.6. The molecule has 134 valence electrons. The van der Waals surface area contributed by atoms with Gasteiger partial charge in [0, 0.05) is 43.5 Å². The second-order valence-electron chi connectivity index (χ2n) is 6.39. The molecule has 1 amide bonds. The zero-order valence-electron chi connectivity index (χ0n) is 14.7. The second-order valence-corrected chi connectivity index (χ2v) is 7.93. The predicted octanol–water partition coefficient (Wildman–Crippen LogP) is 3.99. The molecule has 1 saturated heterocycles. The number of hydrogen-bond acceptors (Lipinski definition) is 5. The molecule has 0 unspecified atom stereocenters. The molecule has 0 spiro atoms. The summed E-state index contributed by atoms with van der Waals surface area (Å²) in [6.07, 6.45) is 0. The summed E-state index contributed by atoms with van der Waals surface area (Å²) >= 11 is 7.87. The van der Waals surface area contributed by atoms with Crippen molar-refractivity contribution >= 4 is 44.9 Å². The molecule has 0 N–H and O–H groups in total. The van der Waals surface area contributed by atoms with Gasteiger partial charge in [-0.15, -0.1) is 11.3 Å². The summed E-state index contributed by atoms with van der Waals surface area (Å²) in [4.78, 5) is 26.8. The lowest BCUT2D eigenvalue weighted by Crippen LogP contribution is -2.48. The third-order valence-corrected chi connectivity index (χ3v) is 5.94. The molecule has 2 aromatic heterocycles. The van der Waals surface area contributed by atoms with Crippen LogP contribution in [0.25, 0.3) is 21.3 Å². The molecule has 1 aromatic carbocycles. The first kappa shape index (κ1) is 17.2. The highest BCUT2D eigenvalue weighted by Crippen LogP contribution is 2.42. The topological polar surface area (TPSA) is 49.3 Å². The van der Waals surface area contributed by atoms with E-state index in [4.69, 9.17) is 11.6 Å². The minimum Gasteiger partial charge on any atom is -0.352 e. The Hall–Kier alpha value is -2.18. The van der Waals surface area contributed by atoms with Crippen LogP contribution in [0.5, 0.6) is 0 Å². The van der Waals surface area contributed by atoms with E-state index in [1.165, 1.54) is 10.4 Å². The van der Waals surface area contributed by atoms with E-state index in [9.17, 15) is 4.79 Å². The normalized spacial score (nSPS) is 14.9. The number of anilines is 1. The summed E-state index contributed by atoms with van der Waals surface area (Å²) in [5.74, 6) is 0.985. The van der Waals surface area contributed by atoms with Crippen LogP contribution in [-0.4, -0.2) is 47.0 Å². The van der Waals surface area contributed by atoms with Gasteiger partial charge >= 0.3 is 0 Å². The van der Waals surface area contributed by atoms with Crippen molar-refractivity contribution in [3.63, 3.8) is 0 Å². The van der Waals surface area contributed by atoms with Gasteiger partial charge in [0.25, 0.3) is 0 Å². The van der Waals surface area contributed by atoms with E-state index < -0.39 is 0 Å². The van der Waals surface area contributed by atoms with E-state index in [1.54, 1.807) is 18.3 Å². The Morgan fingerprint density at radius 3 is 2.46 bits per heavy atom. The van der Waals surface area contributed by atoms with Crippen LogP contribution in [0.2, 0.25) is 5.28 Å². The first-order valence-electron chi connectivity index (χ1n) is 8.57. The highest BCUT2D eigenvalue weighted by Gasteiger charge is 2.25. The molecule has 7 heteroatoms. The third kappa shape index (κ3) is 3.04. The first-order valence-corrected chi connectivity index (χ1v) is 9.76. The SMILES string of the molecule is CC(=O)N1CCN(c2nc(Cl)nc3sc(C)c(-c4ccccc4)c23)CC1. The molecule has 3 heterocycles. The number of aromatic nitrogens is 2. The van der Waals surface area contributed by atoms with Gasteiger partial charge in [-0.2, -0.15) is 4.98 Å². The van der Waals surface area contributed by atoms with Crippen LogP contribution in [0.3, 0.4) is 0 Å². The molecule has 0 saturated carbocycles. The number of fused-ring (bicyclic) bond motifs is 1. The van der Waals surface area contributed by atoms with Gasteiger partial charge in [0.1, 0.15) is 10.6 Å². The number of piperazine rings is 1. The number of aryl methyl sites for hydroxylation is 1. The summed E-state index contributed by atoms with van der Waals surface area (Å²) in [6, 6.07) is 10.3. The summed E-state index contributed by atoms with van der Waals surface area (Å²) in [7, 11) is 0. The molecule has 0 atom stereocenters. The molecule has 0 aliphatic carbocycles. The number of hydrogen-bond donors (Lipinski definition) is 0. The minimum absolute atomic E-state index is 0.117. The average Bonchev–Trinajstić information content (AvgIpc) is 2.97. The van der Waals surface area contributed by atoms with Gasteiger partial charge in [-0.1, -0.05) is 30.3 Å². The summed E-state index contributed by atoms with van der Waals surface area (Å²) in [5, 5.41) is 1.32. The molecule has 26 heavy (non-hydrogen) atoms. The van der Waals surface area contributed by atoms with Gasteiger partial charge in [-0.3, -0.25) is 4.79 Å². The number of thiophene rings is 1. The largest absolute Gasteiger partial charge is 0.352 e. The molecule has 4 rings (SSSR count). The molecule has 0 bridgehead atoms. The summed E-state index contributed by atoms with van der Waals surface area (Å²) in [6.45, 7) is 6.60. The maximum Gasteiger partial charge on any atom is 0.225 e. The van der Waals surface area contributed by atoms with Crippen molar-refractivity contribution in [2.45, 2.75) is 13.8 Å². The fraction of sp³-hybridized carbons (Fsp3) is 0.316. The van der Waals surface area contributed by atoms with Gasteiger partial charge < -0.3 is 9.80 Å². The van der Waals surface area contributed by atoms with E-state index in [0.717, 1.165) is 34.7 Å². The van der Waals surface area contributed by atoms with Crippen LogP contribution in [0.15, 0.2) is 30.3 Å². The van der Waals surface area contributed by atoms with Crippen LogP contribution < -0.4 is 4.90 Å². The molecule has 3 aromatic rings. The lowest BCUT2D eigenvalue weighted by Gasteiger charge is -2.35. The Morgan fingerprint density at radius 2 is 1.81 bits per heavy atom. The fourth-order valence-electron chi connectivity index (χ4n) is 3.48. The van der Waals surface area contributed by atoms with E-state index in [2.05, 4.69) is 33.9 Å². The van der Waals surface area contributed by atoms with Crippen LogP contribution in [-0.2, 0) is 4.79 Å². The lowest BCUT2D eigenvalue weighted by molar-refractivity contribution is -0.129. The summed E-state index contributed by atoms with van der Waals surface area (Å²) in [5.41, 5.74) is 2.33. The Labute approximate surface area is 161 Å². The maximum atomic E-state index is 11.6. The van der Waals surface area contributed by atoms with Gasteiger partial charge in [0.2, 0.25) is 11.2 Å². The van der Waals surface area contributed by atoms with E-state index in [-0.39, 0.29) is 11.2 Å². The standard InChI is InChI=1S/C19H19ClN4OS/c1-12-15(14-6-4-3-5-7-14)16-17(21-19(20)22-18(16)26-12)24-10-8-23(9-11-24)13(2)25/h3-7H,8-11H2,1-2H3. The van der Waals surface area contributed by atoms with Crippen LogP contribution in [0.4, 0.5) is 5.82 Å². The zero-order valence-corrected chi connectivity index (χ0v) is 16.3. The van der Waals surface area contributed by atoms with Crippen molar-refractivity contribution in [3.8, 4) is 11.1 Å². The number of benzene rings is 1. The lowest BCUT2D eigenvalue weighted by atomic mass is 10.0. The number of rotatable bonds is 2. The Kier molecular flexibility index (Phi) is 4.54. The Balaban J connectivity index is 1.83. The molecular weight excluding hydrogens is 368 g/mol. The number of halogens is 1. The first-order chi connectivity index (χ1) is 12.5. The van der Waals surface area contributed by atoms with Crippen LogP contribution in [0.1, 0.15) is 11.8 Å². The minimum atomic E-state index is 0.117. The van der Waals surface area contributed by atoms with Gasteiger partial charge in [-0.05, 0) is 24.1 Å². The quantitative estimate of drug-likeness (QED) is 0.625. The van der Waals surface area contributed by atoms with E-state index >= 15 is 0 Å². The average molecular weight is 387 g/mol. The molecule has 1 aliphatic rings. The Morgan fingerprint density at radius 1 is 1.12 bits per heavy atom. The number of carbonyl (C=O) groups excluding carboxylic acids is 1. The second kappa shape index (κ2) is 6.85. The smallest absolute Gasteiger partial charge is 0.225 e. The van der Waals surface area contributed by atoms with E-state index in [0.29, 0.717) is 13.1 Å². The van der Waals surface area contributed by atoms with E-state index in [1.807, 2.05) is 23.1 Å². The highest BCUT2D eigenvalue weighted by atomic mass is 35.5. The van der Waals surface area contributed by atoms with Crippen molar-refractivity contribution in [2.75, 3.05) is 31.1 Å². The van der Waals surface area contributed by atoms with Gasteiger partial charge in [0.15, 0.2) is 0 Å². The summed E-state index contributed by atoms with van der Waals surface area (Å²) < 4.78 is 0. The van der Waals surface area contributed by atoms with Crippen molar-refractivity contribution < 1.29 is 4.79 Å². The third-order valence-electron chi connectivity index (χ3n) is 4.77. The molecule has 5 nitrogen and oxygen atoms in total. The van der Waals surface area contributed by atoms with Crippen LogP contribution >= 0.6 is 22.9 Å². The van der Waals surface area contributed by atoms with Crippen LogP contribution in [0, 0.1) is 6.92 Å². The highest BCUT2D eigenvalue weighted by molar-refractivity contribution is 7.19. The zero-order chi connectivity index (χ0) is 18.3. The molecular formula is C19H19ClN4OS. The predicted molar refractivity (Wildman–Crippen MR) is 107 cm³/mol. The van der Waals surface area contributed by atoms with Gasteiger partial charge in [0.05, 0.1) is 5.39 Å². The molecule has 0 radical (unpaired) electrons. The number of carbonyl (C=O) groups is 1.